The smallest absolute Gasteiger partial charge is 0.263 e. The van der Waals surface area contributed by atoms with Gasteiger partial charge in [-0.3, -0.25) is 4.79 Å². The monoisotopic (exact) mass is 290 g/mol. The Labute approximate surface area is 125 Å². The van der Waals surface area contributed by atoms with Crippen molar-refractivity contribution in [3.8, 4) is 5.75 Å². The molecule has 0 atom stereocenters. The molecule has 0 aromatic heterocycles. The van der Waals surface area contributed by atoms with E-state index in [0.717, 1.165) is 37.2 Å². The van der Waals surface area contributed by atoms with Gasteiger partial charge < -0.3 is 14.5 Å². The Morgan fingerprint density at radius 2 is 1.86 bits per heavy atom. The molecule has 0 unspecified atom stereocenters. The van der Waals surface area contributed by atoms with Crippen LogP contribution in [0.4, 0.5) is 0 Å². The van der Waals surface area contributed by atoms with E-state index in [9.17, 15) is 4.79 Å². The van der Waals surface area contributed by atoms with Crippen molar-refractivity contribution in [1.29, 1.82) is 0 Å². The molecule has 1 heterocycles. The van der Waals surface area contributed by atoms with Gasteiger partial charge in [-0.1, -0.05) is 18.0 Å². The van der Waals surface area contributed by atoms with E-state index < -0.39 is 0 Å². The SMILES string of the molecule is COc1ccc(C=NOCC(=O)N2CCCCCC2)cc1. The summed E-state index contributed by atoms with van der Waals surface area (Å²) >= 11 is 0. The Balaban J connectivity index is 1.74. The molecule has 0 radical (unpaired) electrons. The molecule has 0 aliphatic carbocycles. The number of amides is 1. The number of carbonyl (C=O) groups is 1. The number of methoxy groups -OCH3 is 1. The predicted molar refractivity (Wildman–Crippen MR) is 81.6 cm³/mol. The van der Waals surface area contributed by atoms with Gasteiger partial charge in [0.2, 0.25) is 0 Å². The lowest BCUT2D eigenvalue weighted by atomic mass is 10.2. The standard InChI is InChI=1S/C16H22N2O3/c1-20-15-8-6-14(7-9-15)12-17-21-13-16(19)18-10-4-2-3-5-11-18/h6-9,12H,2-5,10-11,13H2,1H3. The molecule has 1 aliphatic heterocycles. The number of oxime groups is 1. The van der Waals surface area contributed by atoms with Gasteiger partial charge in [0.05, 0.1) is 13.3 Å². The summed E-state index contributed by atoms with van der Waals surface area (Å²) in [6.45, 7) is 1.68. The van der Waals surface area contributed by atoms with Crippen LogP contribution in [0.25, 0.3) is 0 Å². The average Bonchev–Trinajstić information content (AvgIpc) is 2.81. The Morgan fingerprint density at radius 3 is 2.48 bits per heavy atom. The van der Waals surface area contributed by atoms with Gasteiger partial charge in [0.25, 0.3) is 5.91 Å². The van der Waals surface area contributed by atoms with Crippen LogP contribution in [-0.2, 0) is 9.63 Å². The second kappa shape index (κ2) is 8.29. The lowest BCUT2D eigenvalue weighted by molar-refractivity contribution is -0.136. The summed E-state index contributed by atoms with van der Waals surface area (Å²) < 4.78 is 5.08. The van der Waals surface area contributed by atoms with Crippen LogP contribution in [0.2, 0.25) is 0 Å². The van der Waals surface area contributed by atoms with Crippen molar-refractivity contribution in [2.45, 2.75) is 25.7 Å². The van der Waals surface area contributed by atoms with Crippen LogP contribution < -0.4 is 4.74 Å². The Kier molecular flexibility index (Phi) is 6.06. The fraction of sp³-hybridized carbons (Fsp3) is 0.500. The molecule has 5 nitrogen and oxygen atoms in total. The topological polar surface area (TPSA) is 51.1 Å². The molecule has 0 N–H and O–H groups in total. The van der Waals surface area contributed by atoms with E-state index in [0.29, 0.717) is 0 Å². The van der Waals surface area contributed by atoms with Crippen LogP contribution in [0.5, 0.6) is 5.75 Å². The molecule has 0 spiro atoms. The Hall–Kier alpha value is -2.04. The first-order chi connectivity index (χ1) is 10.3. The normalized spacial score (nSPS) is 15.8. The predicted octanol–water partition coefficient (Wildman–Crippen LogP) is 2.45. The molecule has 2 rings (SSSR count). The lowest BCUT2D eigenvalue weighted by Gasteiger charge is -2.19. The van der Waals surface area contributed by atoms with Crippen molar-refractivity contribution in [3.63, 3.8) is 0 Å². The molecule has 1 saturated heterocycles. The molecule has 5 heteroatoms. The van der Waals surface area contributed by atoms with E-state index in [-0.39, 0.29) is 12.5 Å². The molecule has 1 aromatic rings. The van der Waals surface area contributed by atoms with Gasteiger partial charge in [-0.25, -0.2) is 0 Å². The van der Waals surface area contributed by atoms with Crippen LogP contribution in [0, 0.1) is 0 Å². The molecular weight excluding hydrogens is 268 g/mol. The van der Waals surface area contributed by atoms with Gasteiger partial charge in [-0.15, -0.1) is 0 Å². The van der Waals surface area contributed by atoms with E-state index in [1.807, 2.05) is 29.2 Å². The largest absolute Gasteiger partial charge is 0.497 e. The highest BCUT2D eigenvalue weighted by atomic mass is 16.6. The first-order valence-corrected chi connectivity index (χ1v) is 7.37. The lowest BCUT2D eigenvalue weighted by Crippen LogP contribution is -2.34. The minimum absolute atomic E-state index is 0.00660. The van der Waals surface area contributed by atoms with Gasteiger partial charge in [0, 0.05) is 13.1 Å². The highest BCUT2D eigenvalue weighted by molar-refractivity contribution is 5.80. The van der Waals surface area contributed by atoms with Gasteiger partial charge >= 0.3 is 0 Å². The van der Waals surface area contributed by atoms with E-state index >= 15 is 0 Å². The van der Waals surface area contributed by atoms with E-state index in [1.54, 1.807) is 13.3 Å². The van der Waals surface area contributed by atoms with E-state index in [1.165, 1.54) is 12.8 Å². The maximum absolute atomic E-state index is 12.0. The molecule has 1 aromatic carbocycles. The van der Waals surface area contributed by atoms with Gasteiger partial charge in [-0.05, 0) is 42.7 Å². The first-order valence-electron chi connectivity index (χ1n) is 7.37. The molecular formula is C16H22N2O3. The van der Waals surface area contributed by atoms with Crippen molar-refractivity contribution in [2.75, 3.05) is 26.8 Å². The van der Waals surface area contributed by atoms with Gasteiger partial charge in [-0.2, -0.15) is 0 Å². The van der Waals surface area contributed by atoms with E-state index in [2.05, 4.69) is 5.16 Å². The zero-order valence-corrected chi connectivity index (χ0v) is 12.5. The second-order valence-electron chi connectivity index (χ2n) is 5.08. The van der Waals surface area contributed by atoms with Gasteiger partial charge in [0.15, 0.2) is 6.61 Å². The summed E-state index contributed by atoms with van der Waals surface area (Å²) in [5, 5.41) is 3.84. The maximum Gasteiger partial charge on any atom is 0.263 e. The van der Waals surface area contributed by atoms with Crippen LogP contribution in [0.1, 0.15) is 31.2 Å². The van der Waals surface area contributed by atoms with Crippen molar-refractivity contribution >= 4 is 12.1 Å². The molecule has 1 fully saturated rings. The van der Waals surface area contributed by atoms with Crippen LogP contribution in [-0.4, -0.2) is 43.8 Å². The van der Waals surface area contributed by atoms with Crippen molar-refractivity contribution in [3.05, 3.63) is 29.8 Å². The molecule has 114 valence electrons. The minimum Gasteiger partial charge on any atom is -0.497 e. The summed E-state index contributed by atoms with van der Waals surface area (Å²) in [4.78, 5) is 18.9. The first kappa shape index (κ1) is 15.4. The van der Waals surface area contributed by atoms with Crippen LogP contribution >= 0.6 is 0 Å². The van der Waals surface area contributed by atoms with Crippen molar-refractivity contribution in [1.82, 2.24) is 4.90 Å². The van der Waals surface area contributed by atoms with Crippen molar-refractivity contribution in [2.24, 2.45) is 5.16 Å². The minimum atomic E-state index is 0.00660. The number of carbonyl (C=O) groups excluding carboxylic acids is 1. The fourth-order valence-corrected chi connectivity index (χ4v) is 2.29. The summed E-state index contributed by atoms with van der Waals surface area (Å²) in [6, 6.07) is 7.46. The summed E-state index contributed by atoms with van der Waals surface area (Å²) in [7, 11) is 1.63. The zero-order valence-electron chi connectivity index (χ0n) is 12.5. The Morgan fingerprint density at radius 1 is 1.19 bits per heavy atom. The number of nitrogens with zero attached hydrogens (tertiary/aromatic N) is 2. The number of hydrogen-bond acceptors (Lipinski definition) is 4. The number of hydrogen-bond donors (Lipinski definition) is 0. The third-order valence-corrected chi connectivity index (χ3v) is 3.54. The Bertz CT molecular complexity index is 463. The average molecular weight is 290 g/mol. The molecule has 1 aliphatic rings. The fourth-order valence-electron chi connectivity index (χ4n) is 2.29. The molecule has 0 saturated carbocycles. The summed E-state index contributed by atoms with van der Waals surface area (Å²) in [5.41, 5.74) is 0.901. The molecule has 1 amide bonds. The second-order valence-corrected chi connectivity index (χ2v) is 5.08. The number of benzene rings is 1. The zero-order chi connectivity index (χ0) is 14.9. The number of rotatable bonds is 5. The highest BCUT2D eigenvalue weighted by Crippen LogP contribution is 2.10. The quantitative estimate of drug-likeness (QED) is 0.618. The molecule has 21 heavy (non-hydrogen) atoms. The van der Waals surface area contributed by atoms with Crippen LogP contribution in [0.3, 0.4) is 0 Å². The molecule has 0 bridgehead atoms. The third-order valence-electron chi connectivity index (χ3n) is 3.54. The number of likely N-dealkylation sites (tertiary alicyclic amines) is 1. The van der Waals surface area contributed by atoms with Crippen LogP contribution in [0.15, 0.2) is 29.4 Å². The highest BCUT2D eigenvalue weighted by Gasteiger charge is 2.15. The maximum atomic E-state index is 12.0. The van der Waals surface area contributed by atoms with Crippen molar-refractivity contribution < 1.29 is 14.4 Å². The van der Waals surface area contributed by atoms with E-state index in [4.69, 9.17) is 9.57 Å². The summed E-state index contributed by atoms with van der Waals surface area (Å²) in [6.07, 6.45) is 6.18. The third kappa shape index (κ3) is 5.10. The summed E-state index contributed by atoms with van der Waals surface area (Å²) in [5.74, 6) is 0.813. The van der Waals surface area contributed by atoms with Gasteiger partial charge in [0.1, 0.15) is 5.75 Å². The number of ether oxygens (including phenoxy) is 1.